The minimum atomic E-state index is -1.03. The van der Waals surface area contributed by atoms with Gasteiger partial charge in [0.15, 0.2) is 5.69 Å². The molecule has 0 saturated carbocycles. The number of carbonyl (C=O) groups is 1. The van der Waals surface area contributed by atoms with E-state index in [2.05, 4.69) is 21.8 Å². The third-order valence-electron chi connectivity index (χ3n) is 3.21. The van der Waals surface area contributed by atoms with Gasteiger partial charge in [-0.15, -0.1) is 0 Å². The maximum Gasteiger partial charge on any atom is 0.356 e. The second-order valence-electron chi connectivity index (χ2n) is 4.58. The number of aromatic nitrogens is 2. The summed E-state index contributed by atoms with van der Waals surface area (Å²) in [6.45, 7) is 4.13. The molecule has 1 fully saturated rings. The zero-order valence-corrected chi connectivity index (χ0v) is 11.9. The summed E-state index contributed by atoms with van der Waals surface area (Å²) in [6, 6.07) is 0. The Labute approximate surface area is 117 Å². The number of carboxylic acids is 1. The highest BCUT2D eigenvalue weighted by Crippen LogP contribution is 2.24. The molecule has 0 radical (unpaired) electrons. The first-order valence-electron chi connectivity index (χ1n) is 6.62. The predicted molar refractivity (Wildman–Crippen MR) is 77.0 cm³/mol. The summed E-state index contributed by atoms with van der Waals surface area (Å²) in [4.78, 5) is 21.2. The van der Waals surface area contributed by atoms with Crippen LogP contribution in [0.15, 0.2) is 12.4 Å². The molecule has 0 amide bonds. The Hall–Kier alpha value is -1.30. The maximum atomic E-state index is 10.8. The molecular weight excluding hydrogens is 262 g/mol. The molecule has 0 aliphatic carbocycles. The van der Waals surface area contributed by atoms with Crippen LogP contribution in [-0.2, 0) is 0 Å². The van der Waals surface area contributed by atoms with E-state index in [1.54, 1.807) is 6.20 Å². The largest absolute Gasteiger partial charge is 0.476 e. The lowest BCUT2D eigenvalue weighted by Crippen LogP contribution is -2.30. The fraction of sp³-hybridized carbons (Fsp3) is 0.615. The van der Waals surface area contributed by atoms with Gasteiger partial charge >= 0.3 is 5.97 Å². The summed E-state index contributed by atoms with van der Waals surface area (Å²) in [5.41, 5.74) is -0.00180. The lowest BCUT2D eigenvalue weighted by Gasteiger charge is -2.24. The number of anilines is 1. The second-order valence-corrected chi connectivity index (χ2v) is 6.16. The second kappa shape index (κ2) is 6.75. The number of hydrogen-bond donors (Lipinski definition) is 1. The standard InChI is InChI=1S/C13H19N3O2S/c1-2-19-10-5-3-4-6-16(9-10)12-8-14-11(7-15-12)13(17)18/h7-8,10H,2-6,9H2,1H3,(H,17,18). The Morgan fingerprint density at radius 3 is 2.95 bits per heavy atom. The Morgan fingerprint density at radius 2 is 2.32 bits per heavy atom. The van der Waals surface area contributed by atoms with Crippen LogP contribution < -0.4 is 4.90 Å². The van der Waals surface area contributed by atoms with Crippen molar-refractivity contribution >= 4 is 23.5 Å². The van der Waals surface area contributed by atoms with Crippen LogP contribution >= 0.6 is 11.8 Å². The predicted octanol–water partition coefficient (Wildman–Crippen LogP) is 2.29. The van der Waals surface area contributed by atoms with Gasteiger partial charge in [-0.25, -0.2) is 14.8 Å². The number of carboxylic acid groups (broad SMARTS) is 1. The fourth-order valence-corrected chi connectivity index (χ4v) is 3.37. The van der Waals surface area contributed by atoms with Crippen molar-refractivity contribution < 1.29 is 9.90 Å². The SMILES string of the molecule is CCSC1CCCCN(c2cnc(C(=O)O)cn2)C1. The molecule has 0 spiro atoms. The van der Waals surface area contributed by atoms with E-state index in [1.165, 1.54) is 19.0 Å². The number of aromatic carboxylic acids is 1. The Bertz CT molecular complexity index is 424. The smallest absolute Gasteiger partial charge is 0.356 e. The van der Waals surface area contributed by atoms with Crippen molar-refractivity contribution in [2.45, 2.75) is 31.4 Å². The molecule has 1 aliphatic heterocycles. The van der Waals surface area contributed by atoms with Gasteiger partial charge in [0.2, 0.25) is 0 Å². The van der Waals surface area contributed by atoms with Gasteiger partial charge in [-0.2, -0.15) is 11.8 Å². The van der Waals surface area contributed by atoms with Gasteiger partial charge in [0, 0.05) is 18.3 Å². The highest BCUT2D eigenvalue weighted by Gasteiger charge is 2.19. The average molecular weight is 281 g/mol. The monoisotopic (exact) mass is 281 g/mol. The van der Waals surface area contributed by atoms with Gasteiger partial charge < -0.3 is 10.0 Å². The third kappa shape index (κ3) is 3.83. The third-order valence-corrected chi connectivity index (χ3v) is 4.40. The molecule has 6 heteroatoms. The number of rotatable bonds is 4. The zero-order valence-electron chi connectivity index (χ0n) is 11.1. The zero-order chi connectivity index (χ0) is 13.7. The summed E-state index contributed by atoms with van der Waals surface area (Å²) in [6.07, 6.45) is 6.56. The first-order valence-corrected chi connectivity index (χ1v) is 7.67. The summed E-state index contributed by atoms with van der Waals surface area (Å²) >= 11 is 1.99. The number of hydrogen-bond acceptors (Lipinski definition) is 5. The molecule has 5 nitrogen and oxygen atoms in total. The van der Waals surface area contributed by atoms with Crippen LogP contribution in [0.2, 0.25) is 0 Å². The topological polar surface area (TPSA) is 66.3 Å². The van der Waals surface area contributed by atoms with Crippen LogP contribution in [0.25, 0.3) is 0 Å². The molecule has 1 saturated heterocycles. The molecule has 104 valence electrons. The van der Waals surface area contributed by atoms with Gasteiger partial charge in [0.05, 0.1) is 12.4 Å². The minimum absolute atomic E-state index is 0.00180. The van der Waals surface area contributed by atoms with Crippen LogP contribution in [0.1, 0.15) is 36.7 Å². The molecular formula is C13H19N3O2S. The van der Waals surface area contributed by atoms with Crippen LogP contribution in [0.4, 0.5) is 5.82 Å². The van der Waals surface area contributed by atoms with Gasteiger partial charge in [-0.3, -0.25) is 0 Å². The number of nitrogens with zero attached hydrogens (tertiary/aromatic N) is 3. The highest BCUT2D eigenvalue weighted by atomic mass is 32.2. The van der Waals surface area contributed by atoms with E-state index in [0.717, 1.165) is 31.1 Å². The van der Waals surface area contributed by atoms with Crippen molar-refractivity contribution in [1.29, 1.82) is 0 Å². The summed E-state index contributed by atoms with van der Waals surface area (Å²) < 4.78 is 0. The van der Waals surface area contributed by atoms with E-state index < -0.39 is 5.97 Å². The van der Waals surface area contributed by atoms with Crippen molar-refractivity contribution in [2.24, 2.45) is 0 Å². The fourth-order valence-electron chi connectivity index (χ4n) is 2.28. The summed E-state index contributed by atoms with van der Waals surface area (Å²) in [5.74, 6) is 0.880. The van der Waals surface area contributed by atoms with Crippen molar-refractivity contribution in [3.63, 3.8) is 0 Å². The Balaban J connectivity index is 2.08. The summed E-state index contributed by atoms with van der Waals surface area (Å²) in [5, 5.41) is 9.46. The normalized spacial score (nSPS) is 20.1. The highest BCUT2D eigenvalue weighted by molar-refractivity contribution is 7.99. The Morgan fingerprint density at radius 1 is 1.47 bits per heavy atom. The maximum absolute atomic E-state index is 10.8. The number of thioether (sulfide) groups is 1. The molecule has 1 aromatic heterocycles. The molecule has 2 rings (SSSR count). The molecule has 2 heterocycles. The van der Waals surface area contributed by atoms with Gasteiger partial charge in [-0.05, 0) is 18.6 Å². The molecule has 1 aromatic rings. The first-order chi connectivity index (χ1) is 9.20. The quantitative estimate of drug-likeness (QED) is 0.913. The van der Waals surface area contributed by atoms with Gasteiger partial charge in [0.25, 0.3) is 0 Å². The van der Waals surface area contributed by atoms with Crippen LogP contribution in [-0.4, -0.2) is 45.1 Å². The van der Waals surface area contributed by atoms with E-state index in [0.29, 0.717) is 5.25 Å². The first kappa shape index (κ1) is 14.1. The van der Waals surface area contributed by atoms with Crippen molar-refractivity contribution in [1.82, 2.24) is 9.97 Å². The van der Waals surface area contributed by atoms with Gasteiger partial charge in [0.1, 0.15) is 5.82 Å². The van der Waals surface area contributed by atoms with Crippen LogP contribution in [0.5, 0.6) is 0 Å². The van der Waals surface area contributed by atoms with E-state index in [-0.39, 0.29) is 5.69 Å². The summed E-state index contributed by atoms with van der Waals surface area (Å²) in [7, 11) is 0. The molecule has 0 aromatic carbocycles. The van der Waals surface area contributed by atoms with Crippen LogP contribution in [0, 0.1) is 0 Å². The molecule has 1 N–H and O–H groups in total. The molecule has 1 atom stereocenters. The molecule has 0 bridgehead atoms. The van der Waals surface area contributed by atoms with Crippen LogP contribution in [0.3, 0.4) is 0 Å². The van der Waals surface area contributed by atoms with E-state index in [1.807, 2.05) is 11.8 Å². The van der Waals surface area contributed by atoms with E-state index in [4.69, 9.17) is 5.11 Å². The Kier molecular flexibility index (Phi) is 5.01. The molecule has 1 unspecified atom stereocenters. The van der Waals surface area contributed by atoms with E-state index >= 15 is 0 Å². The van der Waals surface area contributed by atoms with Gasteiger partial charge in [-0.1, -0.05) is 13.3 Å². The minimum Gasteiger partial charge on any atom is -0.476 e. The average Bonchev–Trinajstić information content (AvgIpc) is 2.65. The van der Waals surface area contributed by atoms with Crippen molar-refractivity contribution in [2.75, 3.05) is 23.7 Å². The van der Waals surface area contributed by atoms with Crippen molar-refractivity contribution in [3.05, 3.63) is 18.1 Å². The molecule has 19 heavy (non-hydrogen) atoms. The van der Waals surface area contributed by atoms with E-state index in [9.17, 15) is 4.79 Å². The van der Waals surface area contributed by atoms with Crippen molar-refractivity contribution in [3.8, 4) is 0 Å². The lowest BCUT2D eigenvalue weighted by atomic mass is 10.2. The lowest BCUT2D eigenvalue weighted by molar-refractivity contribution is 0.0690. The molecule has 1 aliphatic rings.